The minimum atomic E-state index is -0.425. The smallest absolute Gasteiger partial charge is 0.270 e. The first kappa shape index (κ1) is 18.3. The summed E-state index contributed by atoms with van der Waals surface area (Å²) in [6.07, 6.45) is 0.777. The quantitative estimate of drug-likeness (QED) is 0.503. The van der Waals surface area contributed by atoms with E-state index in [1.54, 1.807) is 19.2 Å². The zero-order valence-electron chi connectivity index (χ0n) is 15.2. The van der Waals surface area contributed by atoms with E-state index in [9.17, 15) is 10.1 Å². The topological polar surface area (TPSA) is 90.2 Å². The largest absolute Gasteiger partial charge is 0.496 e. The number of methoxy groups -OCH3 is 1. The lowest BCUT2D eigenvalue weighted by molar-refractivity contribution is -0.384. The Morgan fingerprint density at radius 2 is 1.93 bits per heavy atom. The molecule has 0 spiro atoms. The van der Waals surface area contributed by atoms with E-state index in [1.165, 1.54) is 12.1 Å². The van der Waals surface area contributed by atoms with E-state index in [0.29, 0.717) is 23.8 Å². The number of non-ortho nitro benzene ring substituents is 1. The van der Waals surface area contributed by atoms with E-state index < -0.39 is 4.92 Å². The first-order valence-corrected chi connectivity index (χ1v) is 8.53. The standard InChI is InChI=1S/C20H20N4O3/c1-14-12-19(21-11-10-15-6-3-4-9-18(15)27-2)23-20(22-14)16-7-5-8-17(13-16)24(25)26/h3-9,12-13H,10-11H2,1-2H3,(H,21,22,23). The molecule has 3 rings (SSSR count). The van der Waals surface area contributed by atoms with Crippen molar-refractivity contribution in [3.05, 3.63) is 76.0 Å². The average Bonchev–Trinajstić information content (AvgIpc) is 2.68. The number of aryl methyl sites for hydroxylation is 1. The number of para-hydroxylation sites is 1. The summed E-state index contributed by atoms with van der Waals surface area (Å²) in [6.45, 7) is 2.54. The van der Waals surface area contributed by atoms with Crippen LogP contribution in [-0.4, -0.2) is 28.5 Å². The van der Waals surface area contributed by atoms with Gasteiger partial charge in [0.25, 0.3) is 5.69 Å². The molecule has 0 aliphatic carbocycles. The van der Waals surface area contributed by atoms with Gasteiger partial charge in [-0.05, 0) is 25.0 Å². The highest BCUT2D eigenvalue weighted by Crippen LogP contribution is 2.23. The monoisotopic (exact) mass is 364 g/mol. The number of benzene rings is 2. The Balaban J connectivity index is 1.76. The molecule has 138 valence electrons. The molecule has 0 bridgehead atoms. The SMILES string of the molecule is COc1ccccc1CCNc1cc(C)nc(-c2cccc([N+](=O)[O-])c2)n1. The van der Waals surface area contributed by atoms with Gasteiger partial charge < -0.3 is 10.1 Å². The van der Waals surface area contributed by atoms with Crippen molar-refractivity contribution >= 4 is 11.5 Å². The summed E-state index contributed by atoms with van der Waals surface area (Å²) in [4.78, 5) is 19.5. The van der Waals surface area contributed by atoms with E-state index in [4.69, 9.17) is 4.74 Å². The molecule has 0 amide bonds. The molecule has 3 aromatic rings. The van der Waals surface area contributed by atoms with E-state index in [-0.39, 0.29) is 5.69 Å². The number of ether oxygens (including phenoxy) is 1. The Morgan fingerprint density at radius 3 is 2.70 bits per heavy atom. The molecule has 0 saturated carbocycles. The number of nitro groups is 1. The highest BCUT2D eigenvalue weighted by molar-refractivity contribution is 5.61. The second-order valence-corrected chi connectivity index (χ2v) is 6.01. The fourth-order valence-electron chi connectivity index (χ4n) is 2.78. The average molecular weight is 364 g/mol. The summed E-state index contributed by atoms with van der Waals surface area (Å²) >= 11 is 0. The number of nitrogens with zero attached hydrogens (tertiary/aromatic N) is 3. The number of nitrogens with one attached hydrogen (secondary N) is 1. The second kappa shape index (κ2) is 8.27. The third-order valence-electron chi connectivity index (χ3n) is 4.06. The van der Waals surface area contributed by atoms with E-state index >= 15 is 0 Å². The van der Waals surface area contributed by atoms with Gasteiger partial charge >= 0.3 is 0 Å². The van der Waals surface area contributed by atoms with Gasteiger partial charge in [0.1, 0.15) is 11.6 Å². The molecule has 1 aromatic heterocycles. The molecule has 0 unspecified atom stereocenters. The predicted octanol–water partition coefficient (Wildman–Crippen LogP) is 4.02. The second-order valence-electron chi connectivity index (χ2n) is 6.01. The summed E-state index contributed by atoms with van der Waals surface area (Å²) in [5.74, 6) is 1.99. The van der Waals surface area contributed by atoms with Crippen molar-refractivity contribution in [2.45, 2.75) is 13.3 Å². The molecule has 1 heterocycles. The molecule has 0 atom stereocenters. The summed E-state index contributed by atoms with van der Waals surface area (Å²) in [5.41, 5.74) is 2.52. The first-order valence-electron chi connectivity index (χ1n) is 8.53. The summed E-state index contributed by atoms with van der Waals surface area (Å²) < 4.78 is 5.37. The maximum Gasteiger partial charge on any atom is 0.270 e. The number of anilines is 1. The van der Waals surface area contributed by atoms with Crippen molar-refractivity contribution in [1.82, 2.24) is 9.97 Å². The summed E-state index contributed by atoms with van der Waals surface area (Å²) in [5, 5.41) is 14.3. The van der Waals surface area contributed by atoms with Crippen molar-refractivity contribution in [3.8, 4) is 17.1 Å². The predicted molar refractivity (Wildman–Crippen MR) is 104 cm³/mol. The molecule has 7 nitrogen and oxygen atoms in total. The number of rotatable bonds is 7. The first-order chi connectivity index (χ1) is 13.1. The van der Waals surface area contributed by atoms with Gasteiger partial charge in [0.15, 0.2) is 5.82 Å². The molecule has 0 aliphatic heterocycles. The molecular weight excluding hydrogens is 344 g/mol. The van der Waals surface area contributed by atoms with E-state index in [1.807, 2.05) is 37.3 Å². The van der Waals surface area contributed by atoms with Crippen LogP contribution in [0.5, 0.6) is 5.75 Å². The fourth-order valence-corrected chi connectivity index (χ4v) is 2.78. The Kier molecular flexibility index (Phi) is 5.61. The molecule has 27 heavy (non-hydrogen) atoms. The number of hydrogen-bond donors (Lipinski definition) is 1. The summed E-state index contributed by atoms with van der Waals surface area (Å²) in [6, 6.07) is 16.1. The zero-order chi connectivity index (χ0) is 19.2. The minimum Gasteiger partial charge on any atom is -0.496 e. The van der Waals surface area contributed by atoms with Crippen LogP contribution >= 0.6 is 0 Å². The van der Waals surface area contributed by atoms with Gasteiger partial charge in [-0.3, -0.25) is 10.1 Å². The van der Waals surface area contributed by atoms with Crippen molar-refractivity contribution in [3.63, 3.8) is 0 Å². The van der Waals surface area contributed by atoms with Crippen LogP contribution in [0.15, 0.2) is 54.6 Å². The Labute approximate surface area is 157 Å². The van der Waals surface area contributed by atoms with Crippen LogP contribution < -0.4 is 10.1 Å². The molecule has 1 N–H and O–H groups in total. The lowest BCUT2D eigenvalue weighted by Crippen LogP contribution is -2.08. The van der Waals surface area contributed by atoms with Gasteiger partial charge in [-0.2, -0.15) is 0 Å². The Hall–Kier alpha value is -3.48. The van der Waals surface area contributed by atoms with Crippen molar-refractivity contribution in [2.24, 2.45) is 0 Å². The lowest BCUT2D eigenvalue weighted by Gasteiger charge is -2.11. The number of nitro benzene ring substituents is 1. The number of hydrogen-bond acceptors (Lipinski definition) is 6. The molecule has 7 heteroatoms. The normalized spacial score (nSPS) is 10.4. The maximum atomic E-state index is 11.0. The van der Waals surface area contributed by atoms with Crippen LogP contribution in [-0.2, 0) is 6.42 Å². The van der Waals surface area contributed by atoms with Crippen LogP contribution in [0.3, 0.4) is 0 Å². The van der Waals surface area contributed by atoms with Crippen LogP contribution in [0.1, 0.15) is 11.3 Å². The van der Waals surface area contributed by atoms with Gasteiger partial charge in [-0.25, -0.2) is 9.97 Å². The van der Waals surface area contributed by atoms with Gasteiger partial charge in [-0.1, -0.05) is 30.3 Å². The highest BCUT2D eigenvalue weighted by Gasteiger charge is 2.10. The molecular formula is C20H20N4O3. The van der Waals surface area contributed by atoms with Crippen LogP contribution in [0, 0.1) is 17.0 Å². The third-order valence-corrected chi connectivity index (χ3v) is 4.06. The molecule has 0 aliphatic rings. The molecule has 0 saturated heterocycles. The Morgan fingerprint density at radius 1 is 1.11 bits per heavy atom. The highest BCUT2D eigenvalue weighted by atomic mass is 16.6. The van der Waals surface area contributed by atoms with Gasteiger partial charge in [0.05, 0.1) is 12.0 Å². The van der Waals surface area contributed by atoms with Crippen molar-refractivity contribution < 1.29 is 9.66 Å². The summed E-state index contributed by atoms with van der Waals surface area (Å²) in [7, 11) is 1.66. The third kappa shape index (κ3) is 4.58. The fraction of sp³-hybridized carbons (Fsp3) is 0.200. The van der Waals surface area contributed by atoms with E-state index in [0.717, 1.165) is 23.4 Å². The van der Waals surface area contributed by atoms with Crippen LogP contribution in [0.4, 0.5) is 11.5 Å². The van der Waals surface area contributed by atoms with Gasteiger partial charge in [0.2, 0.25) is 0 Å². The van der Waals surface area contributed by atoms with Crippen LogP contribution in [0.25, 0.3) is 11.4 Å². The zero-order valence-corrected chi connectivity index (χ0v) is 15.2. The maximum absolute atomic E-state index is 11.0. The molecule has 0 fully saturated rings. The minimum absolute atomic E-state index is 0.0169. The van der Waals surface area contributed by atoms with Gasteiger partial charge in [0, 0.05) is 36.0 Å². The van der Waals surface area contributed by atoms with Gasteiger partial charge in [-0.15, -0.1) is 0 Å². The van der Waals surface area contributed by atoms with Crippen molar-refractivity contribution in [1.29, 1.82) is 0 Å². The molecule has 0 radical (unpaired) electrons. The molecule has 2 aromatic carbocycles. The van der Waals surface area contributed by atoms with Crippen LogP contribution in [0.2, 0.25) is 0 Å². The number of aromatic nitrogens is 2. The Bertz CT molecular complexity index is 959. The van der Waals surface area contributed by atoms with Crippen molar-refractivity contribution in [2.75, 3.05) is 19.0 Å². The lowest BCUT2D eigenvalue weighted by atomic mass is 10.1. The van der Waals surface area contributed by atoms with E-state index in [2.05, 4.69) is 15.3 Å².